The molecule has 2 rings (SSSR count). The van der Waals surface area contributed by atoms with Gasteiger partial charge in [0.2, 0.25) is 0 Å². The van der Waals surface area contributed by atoms with E-state index < -0.39 is 0 Å². The molecule has 0 saturated heterocycles. The molecule has 4 nitrogen and oxygen atoms in total. The molecule has 0 bridgehead atoms. The zero-order chi connectivity index (χ0) is 15.3. The van der Waals surface area contributed by atoms with E-state index in [1.54, 1.807) is 12.1 Å². The number of anilines is 2. The van der Waals surface area contributed by atoms with Crippen LogP contribution in [0, 0.1) is 5.41 Å². The fraction of sp³-hybridized carbons (Fsp3) is 0.588. The number of nitrogens with one attached hydrogen (secondary N) is 2. The molecule has 1 aliphatic rings. The molecule has 0 unspecified atom stereocenters. The lowest BCUT2D eigenvalue weighted by Crippen LogP contribution is -2.29. The van der Waals surface area contributed by atoms with Crippen LogP contribution in [0.25, 0.3) is 0 Å². The summed E-state index contributed by atoms with van der Waals surface area (Å²) in [7, 11) is 0. The van der Waals surface area contributed by atoms with Gasteiger partial charge in [0.05, 0.1) is 11.4 Å². The van der Waals surface area contributed by atoms with Gasteiger partial charge in [-0.3, -0.25) is 4.79 Å². The van der Waals surface area contributed by atoms with E-state index in [0.717, 1.165) is 12.2 Å². The van der Waals surface area contributed by atoms with E-state index in [4.69, 9.17) is 5.73 Å². The Kier molecular flexibility index (Phi) is 5.10. The van der Waals surface area contributed by atoms with Crippen LogP contribution in [-0.4, -0.2) is 19.0 Å². The third-order valence-corrected chi connectivity index (χ3v) is 4.42. The van der Waals surface area contributed by atoms with E-state index in [0.29, 0.717) is 23.2 Å². The number of nitrogens with two attached hydrogens (primary N) is 1. The van der Waals surface area contributed by atoms with Crippen LogP contribution in [0.5, 0.6) is 0 Å². The van der Waals surface area contributed by atoms with Gasteiger partial charge < -0.3 is 16.4 Å². The molecule has 0 heterocycles. The highest BCUT2D eigenvalue weighted by molar-refractivity contribution is 5.96. The molecule has 21 heavy (non-hydrogen) atoms. The Balaban J connectivity index is 2.05. The van der Waals surface area contributed by atoms with E-state index in [9.17, 15) is 4.79 Å². The zero-order valence-corrected chi connectivity index (χ0v) is 13.2. The Bertz CT molecular complexity index is 493. The van der Waals surface area contributed by atoms with Crippen molar-refractivity contribution in [2.24, 2.45) is 5.41 Å². The molecule has 1 aliphatic carbocycles. The second-order valence-electron chi connectivity index (χ2n) is 6.39. The Hall–Kier alpha value is -1.71. The summed E-state index contributed by atoms with van der Waals surface area (Å²) in [5.74, 6) is -0.0515. The summed E-state index contributed by atoms with van der Waals surface area (Å²) in [5, 5.41) is 6.27. The van der Waals surface area contributed by atoms with Crippen molar-refractivity contribution in [1.29, 1.82) is 0 Å². The topological polar surface area (TPSA) is 67.2 Å². The van der Waals surface area contributed by atoms with Crippen molar-refractivity contribution in [3.63, 3.8) is 0 Å². The first kappa shape index (κ1) is 15.7. The lowest BCUT2D eigenvalue weighted by atomic mass is 9.75. The van der Waals surface area contributed by atoms with Gasteiger partial charge in [-0.1, -0.05) is 26.2 Å². The monoisotopic (exact) mass is 289 g/mol. The van der Waals surface area contributed by atoms with Crippen LogP contribution < -0.4 is 16.4 Å². The van der Waals surface area contributed by atoms with Crippen molar-refractivity contribution in [2.45, 2.75) is 46.0 Å². The lowest BCUT2D eigenvalue weighted by Gasteiger charge is -2.34. The zero-order valence-electron chi connectivity index (χ0n) is 13.2. The minimum Gasteiger partial charge on any atom is -0.397 e. The average Bonchev–Trinajstić information content (AvgIpc) is 2.47. The van der Waals surface area contributed by atoms with E-state index in [1.165, 1.54) is 32.1 Å². The third kappa shape index (κ3) is 4.13. The fourth-order valence-electron chi connectivity index (χ4n) is 3.00. The smallest absolute Gasteiger partial charge is 0.251 e. The molecule has 0 atom stereocenters. The minimum absolute atomic E-state index is 0.0515. The molecule has 0 spiro atoms. The molecule has 1 amide bonds. The maximum Gasteiger partial charge on any atom is 0.251 e. The van der Waals surface area contributed by atoms with Gasteiger partial charge in [0, 0.05) is 18.7 Å². The first-order valence-corrected chi connectivity index (χ1v) is 7.96. The number of benzene rings is 1. The molecule has 1 saturated carbocycles. The van der Waals surface area contributed by atoms with E-state index in [-0.39, 0.29) is 5.91 Å². The van der Waals surface area contributed by atoms with Crippen molar-refractivity contribution in [2.75, 3.05) is 24.1 Å². The highest BCUT2D eigenvalue weighted by Crippen LogP contribution is 2.36. The molecule has 1 fully saturated rings. The van der Waals surface area contributed by atoms with Gasteiger partial charge >= 0.3 is 0 Å². The van der Waals surface area contributed by atoms with Crippen molar-refractivity contribution >= 4 is 17.3 Å². The second-order valence-corrected chi connectivity index (χ2v) is 6.39. The van der Waals surface area contributed by atoms with Gasteiger partial charge in [0.15, 0.2) is 0 Å². The summed E-state index contributed by atoms with van der Waals surface area (Å²) < 4.78 is 0. The van der Waals surface area contributed by atoms with Crippen molar-refractivity contribution in [3.05, 3.63) is 23.8 Å². The Morgan fingerprint density at radius 2 is 2.00 bits per heavy atom. The van der Waals surface area contributed by atoms with Crippen LogP contribution in [-0.2, 0) is 0 Å². The van der Waals surface area contributed by atoms with Crippen molar-refractivity contribution < 1.29 is 4.79 Å². The van der Waals surface area contributed by atoms with Crippen LogP contribution in [0.2, 0.25) is 0 Å². The number of carbonyl (C=O) groups is 1. The summed E-state index contributed by atoms with van der Waals surface area (Å²) in [4.78, 5) is 11.9. The van der Waals surface area contributed by atoms with Crippen LogP contribution in [0.15, 0.2) is 18.2 Å². The number of carbonyl (C=O) groups excluding carboxylic acids is 1. The first-order chi connectivity index (χ1) is 10.0. The molecule has 0 radical (unpaired) electrons. The van der Waals surface area contributed by atoms with Gasteiger partial charge in [-0.15, -0.1) is 0 Å². The van der Waals surface area contributed by atoms with Crippen molar-refractivity contribution in [1.82, 2.24) is 5.32 Å². The quantitative estimate of drug-likeness (QED) is 0.728. The Morgan fingerprint density at radius 3 is 2.67 bits per heavy atom. The number of nitrogen functional groups attached to an aromatic ring is 1. The van der Waals surface area contributed by atoms with Gasteiger partial charge in [-0.05, 0) is 43.4 Å². The molecule has 0 aromatic heterocycles. The average molecular weight is 289 g/mol. The Labute approximate surface area is 127 Å². The SMILES string of the molecule is CCNC(=O)c1ccc(N)c(NCC2(C)CCCCC2)c1. The molecular weight excluding hydrogens is 262 g/mol. The number of amides is 1. The molecule has 4 heteroatoms. The van der Waals surface area contributed by atoms with Gasteiger partial charge in [-0.2, -0.15) is 0 Å². The molecule has 0 aliphatic heterocycles. The highest BCUT2D eigenvalue weighted by atomic mass is 16.1. The van der Waals surface area contributed by atoms with Crippen LogP contribution >= 0.6 is 0 Å². The first-order valence-electron chi connectivity index (χ1n) is 7.96. The van der Waals surface area contributed by atoms with Crippen molar-refractivity contribution in [3.8, 4) is 0 Å². The second kappa shape index (κ2) is 6.83. The summed E-state index contributed by atoms with van der Waals surface area (Å²) in [6.07, 6.45) is 6.50. The normalized spacial score (nSPS) is 17.2. The summed E-state index contributed by atoms with van der Waals surface area (Å²) in [6.45, 7) is 5.79. The maximum atomic E-state index is 11.9. The maximum absolute atomic E-state index is 11.9. The number of hydrogen-bond acceptors (Lipinski definition) is 3. The van der Waals surface area contributed by atoms with Gasteiger partial charge in [0.25, 0.3) is 5.91 Å². The summed E-state index contributed by atoms with van der Waals surface area (Å²) >= 11 is 0. The van der Waals surface area contributed by atoms with Crippen LogP contribution in [0.3, 0.4) is 0 Å². The van der Waals surface area contributed by atoms with Crippen LogP contribution in [0.1, 0.15) is 56.3 Å². The standard InChI is InChI=1S/C17H27N3O/c1-3-19-16(21)13-7-8-14(18)15(11-13)20-12-17(2)9-5-4-6-10-17/h7-8,11,20H,3-6,9-10,12,18H2,1-2H3,(H,19,21). The Morgan fingerprint density at radius 1 is 1.29 bits per heavy atom. The summed E-state index contributed by atoms with van der Waals surface area (Å²) in [5.41, 5.74) is 8.59. The van der Waals surface area contributed by atoms with E-state index in [1.807, 2.05) is 13.0 Å². The summed E-state index contributed by atoms with van der Waals surface area (Å²) in [6, 6.07) is 5.43. The largest absolute Gasteiger partial charge is 0.397 e. The highest BCUT2D eigenvalue weighted by Gasteiger charge is 2.26. The number of hydrogen-bond donors (Lipinski definition) is 3. The minimum atomic E-state index is -0.0515. The molecule has 4 N–H and O–H groups in total. The molecule has 1 aromatic rings. The molecule has 116 valence electrons. The predicted octanol–water partition coefficient (Wildman–Crippen LogP) is 3.40. The van der Waals surface area contributed by atoms with E-state index in [2.05, 4.69) is 17.6 Å². The fourth-order valence-corrected chi connectivity index (χ4v) is 3.00. The predicted molar refractivity (Wildman–Crippen MR) is 88.5 cm³/mol. The van der Waals surface area contributed by atoms with Gasteiger partial charge in [0.1, 0.15) is 0 Å². The van der Waals surface area contributed by atoms with Gasteiger partial charge in [-0.25, -0.2) is 0 Å². The lowest BCUT2D eigenvalue weighted by molar-refractivity contribution is 0.0956. The third-order valence-electron chi connectivity index (χ3n) is 4.42. The molecular formula is C17H27N3O. The van der Waals surface area contributed by atoms with Crippen LogP contribution in [0.4, 0.5) is 11.4 Å². The number of rotatable bonds is 5. The van der Waals surface area contributed by atoms with E-state index >= 15 is 0 Å². The molecule has 1 aromatic carbocycles.